The number of ether oxygens (including phenoxy) is 1. The highest BCUT2D eigenvalue weighted by Crippen LogP contribution is 2.25. The van der Waals surface area contributed by atoms with Crippen LogP contribution in [-0.4, -0.2) is 19.6 Å². The van der Waals surface area contributed by atoms with Gasteiger partial charge in [0.15, 0.2) is 0 Å². The molecule has 6 heteroatoms. The van der Waals surface area contributed by atoms with E-state index in [0.717, 1.165) is 5.69 Å². The lowest BCUT2D eigenvalue weighted by molar-refractivity contribution is -0.117. The molecule has 0 fully saturated rings. The van der Waals surface area contributed by atoms with Crippen molar-refractivity contribution in [2.45, 2.75) is 13.0 Å². The summed E-state index contributed by atoms with van der Waals surface area (Å²) in [6.07, 6.45) is 0.165. The highest BCUT2D eigenvalue weighted by Gasteiger charge is 2.14. The van der Waals surface area contributed by atoms with Crippen LogP contribution in [0.1, 0.15) is 12.0 Å². The van der Waals surface area contributed by atoms with E-state index in [-0.39, 0.29) is 18.8 Å². The molecule has 1 amide bonds. The summed E-state index contributed by atoms with van der Waals surface area (Å²) in [4.78, 5) is 13.0. The normalized spacial score (nSPS) is 10.4. The van der Waals surface area contributed by atoms with Gasteiger partial charge < -0.3 is 15.4 Å². The summed E-state index contributed by atoms with van der Waals surface area (Å²) >= 11 is 6.09. The molecule has 0 unspecified atom stereocenters. The van der Waals surface area contributed by atoms with Crippen LogP contribution in [0.5, 0.6) is 5.75 Å². The van der Waals surface area contributed by atoms with Gasteiger partial charge in [-0.3, -0.25) is 4.79 Å². The SMILES string of the molecule is COc1ccc(N(CCC(N)=O)Cc2c(F)cccc2Cl)cc1. The van der Waals surface area contributed by atoms with E-state index in [1.165, 1.54) is 6.07 Å². The zero-order chi connectivity index (χ0) is 16.8. The van der Waals surface area contributed by atoms with E-state index in [4.69, 9.17) is 22.1 Å². The summed E-state index contributed by atoms with van der Waals surface area (Å²) in [5.74, 6) is -0.0780. The average Bonchev–Trinajstić information content (AvgIpc) is 2.54. The topological polar surface area (TPSA) is 55.6 Å². The Kier molecular flexibility index (Phi) is 5.82. The summed E-state index contributed by atoms with van der Waals surface area (Å²) < 4.78 is 19.2. The molecule has 0 saturated heterocycles. The van der Waals surface area contributed by atoms with Gasteiger partial charge in [-0.05, 0) is 36.4 Å². The predicted molar refractivity (Wildman–Crippen MR) is 89.3 cm³/mol. The molecule has 0 bridgehead atoms. The van der Waals surface area contributed by atoms with Crippen molar-refractivity contribution in [3.8, 4) is 5.75 Å². The minimum Gasteiger partial charge on any atom is -0.497 e. The van der Waals surface area contributed by atoms with Gasteiger partial charge >= 0.3 is 0 Å². The number of hydrogen-bond acceptors (Lipinski definition) is 3. The molecule has 0 heterocycles. The smallest absolute Gasteiger partial charge is 0.219 e. The Morgan fingerprint density at radius 1 is 1.26 bits per heavy atom. The van der Waals surface area contributed by atoms with Gasteiger partial charge in [0.2, 0.25) is 5.91 Å². The molecule has 0 aromatic heterocycles. The van der Waals surface area contributed by atoms with E-state index in [1.807, 2.05) is 17.0 Å². The second-order valence-corrected chi connectivity index (χ2v) is 5.44. The van der Waals surface area contributed by atoms with Crippen molar-refractivity contribution in [3.05, 3.63) is 58.9 Å². The molecule has 0 radical (unpaired) electrons. The van der Waals surface area contributed by atoms with Gasteiger partial charge in [-0.15, -0.1) is 0 Å². The molecule has 2 rings (SSSR count). The van der Waals surface area contributed by atoms with Gasteiger partial charge in [0.05, 0.1) is 7.11 Å². The summed E-state index contributed by atoms with van der Waals surface area (Å²) in [5.41, 5.74) is 6.44. The first kappa shape index (κ1) is 17.1. The van der Waals surface area contributed by atoms with E-state index in [9.17, 15) is 9.18 Å². The fourth-order valence-corrected chi connectivity index (χ4v) is 2.43. The molecule has 0 atom stereocenters. The Balaban J connectivity index is 2.27. The summed E-state index contributed by atoms with van der Waals surface area (Å²) in [5, 5.41) is 0.350. The fraction of sp³-hybridized carbons (Fsp3) is 0.235. The van der Waals surface area contributed by atoms with E-state index in [1.54, 1.807) is 31.4 Å². The molecular formula is C17H18ClFN2O2. The summed E-state index contributed by atoms with van der Waals surface area (Å²) in [6.45, 7) is 0.609. The molecule has 4 nitrogen and oxygen atoms in total. The van der Waals surface area contributed by atoms with Gasteiger partial charge in [-0.1, -0.05) is 17.7 Å². The Bertz CT molecular complexity index is 657. The zero-order valence-corrected chi connectivity index (χ0v) is 13.5. The lowest BCUT2D eigenvalue weighted by Gasteiger charge is -2.25. The molecule has 0 aliphatic carbocycles. The third-order valence-corrected chi connectivity index (χ3v) is 3.83. The minimum atomic E-state index is -0.414. The molecule has 0 saturated carbocycles. The number of nitrogens with two attached hydrogens (primary N) is 1. The number of hydrogen-bond donors (Lipinski definition) is 1. The van der Waals surface area contributed by atoms with Crippen molar-refractivity contribution in [1.29, 1.82) is 0 Å². The molecule has 23 heavy (non-hydrogen) atoms. The van der Waals surface area contributed by atoms with Crippen LogP contribution >= 0.6 is 11.6 Å². The summed E-state index contributed by atoms with van der Waals surface area (Å²) in [7, 11) is 1.58. The molecule has 0 aliphatic heterocycles. The number of nitrogens with zero attached hydrogens (tertiary/aromatic N) is 1. The second-order valence-electron chi connectivity index (χ2n) is 5.04. The standard InChI is InChI=1S/C17H18ClFN2O2/c1-23-13-7-5-12(6-8-13)21(10-9-17(20)22)11-14-15(18)3-2-4-16(14)19/h2-8H,9-11H2,1H3,(H2,20,22). The van der Waals surface area contributed by atoms with Crippen molar-refractivity contribution in [2.75, 3.05) is 18.6 Å². The predicted octanol–water partition coefficient (Wildman–Crippen LogP) is 3.37. The van der Waals surface area contributed by atoms with Gasteiger partial charge in [0, 0.05) is 35.8 Å². The number of primary amides is 1. The first-order chi connectivity index (χ1) is 11.0. The number of anilines is 1. The van der Waals surface area contributed by atoms with E-state index >= 15 is 0 Å². The van der Waals surface area contributed by atoms with Crippen molar-refractivity contribution in [3.63, 3.8) is 0 Å². The van der Waals surface area contributed by atoms with Gasteiger partial charge in [0.1, 0.15) is 11.6 Å². The van der Waals surface area contributed by atoms with Crippen LogP contribution in [0.2, 0.25) is 5.02 Å². The second kappa shape index (κ2) is 7.83. The van der Waals surface area contributed by atoms with Crippen LogP contribution in [0, 0.1) is 5.82 Å². The molecular weight excluding hydrogens is 319 g/mol. The number of carbonyl (C=O) groups excluding carboxylic acids is 1. The van der Waals surface area contributed by atoms with E-state index in [0.29, 0.717) is 22.9 Å². The van der Waals surface area contributed by atoms with Crippen LogP contribution in [0.3, 0.4) is 0 Å². The Morgan fingerprint density at radius 2 is 1.96 bits per heavy atom. The third-order valence-electron chi connectivity index (χ3n) is 3.48. The van der Waals surface area contributed by atoms with Crippen LogP contribution in [0.25, 0.3) is 0 Å². The van der Waals surface area contributed by atoms with Crippen LogP contribution in [-0.2, 0) is 11.3 Å². The van der Waals surface area contributed by atoms with E-state index < -0.39 is 5.91 Å². The zero-order valence-electron chi connectivity index (χ0n) is 12.8. The van der Waals surface area contributed by atoms with E-state index in [2.05, 4.69) is 0 Å². The van der Waals surface area contributed by atoms with Crippen molar-refractivity contribution >= 4 is 23.2 Å². The largest absolute Gasteiger partial charge is 0.497 e. The highest BCUT2D eigenvalue weighted by atomic mass is 35.5. The monoisotopic (exact) mass is 336 g/mol. The van der Waals surface area contributed by atoms with Crippen LogP contribution in [0.15, 0.2) is 42.5 Å². The Morgan fingerprint density at radius 3 is 2.52 bits per heavy atom. The van der Waals surface area contributed by atoms with Crippen molar-refractivity contribution in [1.82, 2.24) is 0 Å². The highest BCUT2D eigenvalue weighted by molar-refractivity contribution is 6.31. The molecule has 0 aliphatic rings. The first-order valence-electron chi connectivity index (χ1n) is 7.11. The number of methoxy groups -OCH3 is 1. The number of benzene rings is 2. The van der Waals surface area contributed by atoms with Crippen molar-refractivity contribution in [2.24, 2.45) is 5.73 Å². The maximum atomic E-state index is 14.0. The van der Waals surface area contributed by atoms with Crippen LogP contribution < -0.4 is 15.4 Å². The maximum Gasteiger partial charge on any atom is 0.219 e. The maximum absolute atomic E-state index is 14.0. The first-order valence-corrected chi connectivity index (χ1v) is 7.49. The molecule has 122 valence electrons. The molecule has 0 spiro atoms. The van der Waals surface area contributed by atoms with Gasteiger partial charge in [-0.25, -0.2) is 4.39 Å². The van der Waals surface area contributed by atoms with Crippen LogP contribution in [0.4, 0.5) is 10.1 Å². The third kappa shape index (κ3) is 4.60. The number of carbonyl (C=O) groups is 1. The molecule has 2 aromatic carbocycles. The Hall–Kier alpha value is -2.27. The molecule has 2 N–H and O–H groups in total. The molecule has 2 aromatic rings. The lowest BCUT2D eigenvalue weighted by atomic mass is 10.1. The summed E-state index contributed by atoms with van der Waals surface area (Å²) in [6, 6.07) is 11.8. The number of amides is 1. The average molecular weight is 337 g/mol. The minimum absolute atomic E-state index is 0.165. The Labute approximate surface area is 139 Å². The number of rotatable bonds is 7. The van der Waals surface area contributed by atoms with Crippen molar-refractivity contribution < 1.29 is 13.9 Å². The fourth-order valence-electron chi connectivity index (χ4n) is 2.21. The quantitative estimate of drug-likeness (QED) is 0.843. The lowest BCUT2D eigenvalue weighted by Crippen LogP contribution is -2.28. The number of halogens is 2. The van der Waals surface area contributed by atoms with Gasteiger partial charge in [-0.2, -0.15) is 0 Å². The van der Waals surface area contributed by atoms with Gasteiger partial charge in [0.25, 0.3) is 0 Å².